The Balaban J connectivity index is 1.47. The number of hydrogen-bond donors (Lipinski definition) is 2. The number of likely N-dealkylation sites (tertiary alicyclic amines) is 1. The molecule has 1 aliphatic heterocycles. The van der Waals surface area contributed by atoms with Crippen molar-refractivity contribution in [1.82, 2.24) is 15.2 Å². The molecule has 2 heterocycles. The van der Waals surface area contributed by atoms with Crippen molar-refractivity contribution >= 4 is 16.7 Å². The molecule has 28 heavy (non-hydrogen) atoms. The summed E-state index contributed by atoms with van der Waals surface area (Å²) in [4.78, 5) is 29.6. The van der Waals surface area contributed by atoms with E-state index in [1.165, 1.54) is 6.42 Å². The highest BCUT2D eigenvalue weighted by Gasteiger charge is 2.23. The molecule has 2 aromatic carbocycles. The van der Waals surface area contributed by atoms with E-state index in [0.717, 1.165) is 36.0 Å². The van der Waals surface area contributed by atoms with Crippen LogP contribution in [-0.4, -0.2) is 41.5 Å². The smallest absolute Gasteiger partial charge is 0.255 e. The Kier molecular flexibility index (Phi) is 5.26. The number of carbonyl (C=O) groups is 1. The fourth-order valence-electron chi connectivity index (χ4n) is 4.03. The number of aromatic amines is 1. The number of pyridine rings is 1. The molecular weight excluding hydrogens is 350 g/mol. The maximum atomic E-state index is 12.5. The number of H-pyrrole nitrogens is 1. The summed E-state index contributed by atoms with van der Waals surface area (Å²) in [6, 6.07) is 15.7. The molecule has 1 aromatic heterocycles. The van der Waals surface area contributed by atoms with Crippen molar-refractivity contribution in [3.63, 3.8) is 0 Å². The zero-order valence-corrected chi connectivity index (χ0v) is 16.1. The summed E-state index contributed by atoms with van der Waals surface area (Å²) in [6.07, 6.45) is 4.01. The number of fused-ring (bicyclic) bond motifs is 1. The minimum Gasteiger partial charge on any atom is -0.350 e. The first-order chi connectivity index (χ1) is 13.7. The first-order valence-electron chi connectivity index (χ1n) is 9.90. The summed E-state index contributed by atoms with van der Waals surface area (Å²) in [5, 5.41) is 4.65. The normalized spacial score (nSPS) is 17.1. The molecule has 1 atom stereocenters. The van der Waals surface area contributed by atoms with E-state index in [1.54, 1.807) is 6.20 Å². The Morgan fingerprint density at radius 2 is 1.93 bits per heavy atom. The van der Waals surface area contributed by atoms with Gasteiger partial charge in [0.1, 0.15) is 0 Å². The van der Waals surface area contributed by atoms with Crippen LogP contribution in [0.1, 0.15) is 30.1 Å². The number of carbonyl (C=O) groups excluding carboxylic acids is 1. The van der Waals surface area contributed by atoms with Crippen LogP contribution in [0.4, 0.5) is 0 Å². The number of rotatable bonds is 5. The van der Waals surface area contributed by atoms with Crippen LogP contribution in [0.2, 0.25) is 0 Å². The zero-order valence-electron chi connectivity index (χ0n) is 16.1. The van der Waals surface area contributed by atoms with E-state index in [0.29, 0.717) is 23.5 Å². The van der Waals surface area contributed by atoms with Gasteiger partial charge in [0.25, 0.3) is 11.5 Å². The van der Waals surface area contributed by atoms with E-state index in [1.807, 2.05) is 48.5 Å². The van der Waals surface area contributed by atoms with Crippen molar-refractivity contribution < 1.29 is 4.79 Å². The highest BCUT2D eigenvalue weighted by atomic mass is 16.1. The largest absolute Gasteiger partial charge is 0.350 e. The van der Waals surface area contributed by atoms with Gasteiger partial charge < -0.3 is 10.3 Å². The SMILES string of the molecule is CCN1CCC[C@H]1CNC(=O)c1ccc(-c2ccc3cc[nH]c(=O)c3c2)cc1. The number of nitrogens with zero attached hydrogens (tertiary/aromatic N) is 1. The van der Waals surface area contributed by atoms with E-state index >= 15 is 0 Å². The summed E-state index contributed by atoms with van der Waals surface area (Å²) in [5.41, 5.74) is 2.50. The molecule has 1 fully saturated rings. The predicted molar refractivity (Wildman–Crippen MR) is 113 cm³/mol. The average molecular weight is 375 g/mol. The summed E-state index contributed by atoms with van der Waals surface area (Å²) in [7, 11) is 0. The monoisotopic (exact) mass is 375 g/mol. The van der Waals surface area contributed by atoms with E-state index in [4.69, 9.17) is 0 Å². The van der Waals surface area contributed by atoms with Crippen molar-refractivity contribution in [3.05, 3.63) is 70.6 Å². The first kappa shape index (κ1) is 18.4. The van der Waals surface area contributed by atoms with Crippen LogP contribution < -0.4 is 10.9 Å². The zero-order chi connectivity index (χ0) is 19.5. The van der Waals surface area contributed by atoms with Crippen molar-refractivity contribution in [2.45, 2.75) is 25.8 Å². The Morgan fingerprint density at radius 1 is 1.14 bits per heavy atom. The lowest BCUT2D eigenvalue weighted by atomic mass is 10.0. The minimum atomic E-state index is -0.0941. The van der Waals surface area contributed by atoms with Gasteiger partial charge in [-0.15, -0.1) is 0 Å². The molecule has 1 saturated heterocycles. The average Bonchev–Trinajstić information content (AvgIpc) is 3.20. The predicted octanol–water partition coefficient (Wildman–Crippen LogP) is 3.41. The molecule has 0 spiro atoms. The van der Waals surface area contributed by atoms with E-state index in [2.05, 4.69) is 22.1 Å². The molecule has 0 saturated carbocycles. The van der Waals surface area contributed by atoms with Crippen LogP contribution in [0.15, 0.2) is 59.5 Å². The highest BCUT2D eigenvalue weighted by Crippen LogP contribution is 2.23. The van der Waals surface area contributed by atoms with Gasteiger partial charge >= 0.3 is 0 Å². The molecular formula is C23H25N3O2. The van der Waals surface area contributed by atoms with Crippen LogP contribution in [0.3, 0.4) is 0 Å². The molecule has 1 aliphatic rings. The van der Waals surface area contributed by atoms with Crippen molar-refractivity contribution in [3.8, 4) is 11.1 Å². The fraction of sp³-hybridized carbons (Fsp3) is 0.304. The third-order valence-corrected chi connectivity index (χ3v) is 5.66. The Bertz CT molecular complexity index is 1040. The molecule has 0 bridgehead atoms. The standard InChI is InChI=1S/C23H25N3O2/c1-2-26-13-3-4-20(26)15-25-22(27)18-8-5-16(6-9-18)19-10-7-17-11-12-24-23(28)21(17)14-19/h5-12,14,20H,2-4,13,15H2,1H3,(H,24,28)(H,25,27)/t20-/m0/s1. The molecule has 1 amide bonds. The lowest BCUT2D eigenvalue weighted by molar-refractivity contribution is 0.0941. The molecule has 5 heteroatoms. The molecule has 0 unspecified atom stereocenters. The summed E-state index contributed by atoms with van der Waals surface area (Å²) in [6.45, 7) is 5.02. The van der Waals surface area contributed by atoms with Crippen molar-refractivity contribution in [1.29, 1.82) is 0 Å². The summed E-state index contributed by atoms with van der Waals surface area (Å²) >= 11 is 0. The summed E-state index contributed by atoms with van der Waals surface area (Å²) < 4.78 is 0. The van der Waals surface area contributed by atoms with Crippen LogP contribution in [0.25, 0.3) is 21.9 Å². The van der Waals surface area contributed by atoms with Gasteiger partial charge in [-0.05, 0) is 66.7 Å². The Morgan fingerprint density at radius 3 is 2.71 bits per heavy atom. The third kappa shape index (κ3) is 3.71. The van der Waals surface area contributed by atoms with Crippen LogP contribution in [-0.2, 0) is 0 Å². The molecule has 0 radical (unpaired) electrons. The Hall–Kier alpha value is -2.92. The van der Waals surface area contributed by atoms with Gasteiger partial charge in [-0.25, -0.2) is 0 Å². The number of benzene rings is 2. The molecule has 4 rings (SSSR count). The number of likely N-dealkylation sites (N-methyl/N-ethyl adjacent to an activating group) is 1. The molecule has 0 aliphatic carbocycles. The lowest BCUT2D eigenvalue weighted by Crippen LogP contribution is -2.40. The summed E-state index contributed by atoms with van der Waals surface area (Å²) in [5.74, 6) is -0.0375. The van der Waals surface area contributed by atoms with Gasteiger partial charge in [0.2, 0.25) is 0 Å². The number of aromatic nitrogens is 1. The van der Waals surface area contributed by atoms with Gasteiger partial charge in [0.05, 0.1) is 0 Å². The lowest BCUT2D eigenvalue weighted by Gasteiger charge is -2.22. The van der Waals surface area contributed by atoms with Crippen molar-refractivity contribution in [2.24, 2.45) is 0 Å². The van der Waals surface area contributed by atoms with E-state index in [-0.39, 0.29) is 11.5 Å². The second-order valence-corrected chi connectivity index (χ2v) is 7.32. The third-order valence-electron chi connectivity index (χ3n) is 5.66. The maximum Gasteiger partial charge on any atom is 0.255 e. The van der Waals surface area contributed by atoms with Crippen LogP contribution >= 0.6 is 0 Å². The van der Waals surface area contributed by atoms with Crippen LogP contribution in [0, 0.1) is 0 Å². The van der Waals surface area contributed by atoms with Gasteiger partial charge in [0, 0.05) is 29.7 Å². The quantitative estimate of drug-likeness (QED) is 0.718. The number of hydrogen-bond acceptors (Lipinski definition) is 3. The number of nitrogens with one attached hydrogen (secondary N) is 2. The topological polar surface area (TPSA) is 65.2 Å². The molecule has 5 nitrogen and oxygen atoms in total. The second kappa shape index (κ2) is 7.98. The van der Waals surface area contributed by atoms with Crippen LogP contribution in [0.5, 0.6) is 0 Å². The van der Waals surface area contributed by atoms with E-state index < -0.39 is 0 Å². The van der Waals surface area contributed by atoms with Gasteiger partial charge in [-0.2, -0.15) is 0 Å². The maximum absolute atomic E-state index is 12.5. The van der Waals surface area contributed by atoms with Gasteiger partial charge in [-0.1, -0.05) is 31.2 Å². The van der Waals surface area contributed by atoms with Gasteiger partial charge in [-0.3, -0.25) is 14.5 Å². The fourth-order valence-corrected chi connectivity index (χ4v) is 4.03. The first-order valence-corrected chi connectivity index (χ1v) is 9.90. The molecule has 3 aromatic rings. The van der Waals surface area contributed by atoms with Crippen molar-refractivity contribution in [2.75, 3.05) is 19.6 Å². The molecule has 2 N–H and O–H groups in total. The Labute approximate surface area is 164 Å². The second-order valence-electron chi connectivity index (χ2n) is 7.32. The van der Waals surface area contributed by atoms with E-state index in [9.17, 15) is 9.59 Å². The van der Waals surface area contributed by atoms with Gasteiger partial charge in [0.15, 0.2) is 0 Å². The molecule has 144 valence electrons. The minimum absolute atomic E-state index is 0.0375. The highest BCUT2D eigenvalue weighted by molar-refractivity contribution is 5.95. The number of amides is 1.